The lowest BCUT2D eigenvalue weighted by atomic mass is 10.2. The maximum atomic E-state index is 2.67. The fourth-order valence-electron chi connectivity index (χ4n) is 1.00. The third-order valence-electron chi connectivity index (χ3n) is 1.67. The van der Waals surface area contributed by atoms with Gasteiger partial charge in [-0.15, -0.1) is 0 Å². The molecule has 0 aliphatic heterocycles. The van der Waals surface area contributed by atoms with Gasteiger partial charge in [-0.2, -0.15) is 0 Å². The third kappa shape index (κ3) is 16.8. The highest BCUT2D eigenvalue weighted by molar-refractivity contribution is 14.4. The zero-order valence-corrected chi connectivity index (χ0v) is 22.5. The summed E-state index contributed by atoms with van der Waals surface area (Å²) in [7, 11) is 0. The van der Waals surface area contributed by atoms with Gasteiger partial charge in [0.2, 0.25) is 0 Å². The molecule has 0 spiro atoms. The normalized spacial score (nSPS) is 13.3. The van der Waals surface area contributed by atoms with Crippen LogP contribution in [0.1, 0.15) is 25.7 Å². The predicted octanol–water partition coefficient (Wildman–Crippen LogP) is 7.03. The van der Waals surface area contributed by atoms with Crippen LogP contribution in [0.5, 0.6) is 0 Å². The lowest BCUT2D eigenvalue weighted by molar-refractivity contribution is 0.700. The lowest BCUT2D eigenvalue weighted by Gasteiger charge is -2.10. The minimum absolute atomic E-state index is 0.840. The zero-order valence-electron chi connectivity index (χ0n) is 7.51. The fraction of sp³-hybridized carbons (Fsp3) is 1.00. The monoisotopic (exact) mass is 901 g/mol. The Hall–Kier alpha value is 4.81. The molecule has 0 amide bonds. The second kappa shape index (κ2) is 9.68. The molecule has 14 heavy (non-hydrogen) atoms. The van der Waals surface area contributed by atoms with Gasteiger partial charge in [-0.05, 0) is 12.1 Å². The van der Waals surface area contributed by atoms with E-state index >= 15 is 0 Å². The molecule has 86 valence electrons. The summed E-state index contributed by atoms with van der Waals surface area (Å²) in [5.41, 5.74) is 0. The summed E-state index contributed by atoms with van der Waals surface area (Å²) < 4.78 is -1.68. The molecule has 8 heteroatoms. The van der Waals surface area contributed by atoms with Gasteiger partial charge in [0, 0.05) is 0 Å². The number of hydrogen-bond donors (Lipinski definition) is 0. The van der Waals surface area contributed by atoms with Crippen molar-refractivity contribution in [3.8, 4) is 0 Å². The predicted molar refractivity (Wildman–Crippen MR) is 124 cm³/mol. The summed E-state index contributed by atoms with van der Waals surface area (Å²) in [6, 6.07) is 2.96. The van der Waals surface area contributed by atoms with Gasteiger partial charge in [0.15, 0.2) is 0 Å². The second-order valence-corrected chi connectivity index (χ2v) is 76.9. The summed E-state index contributed by atoms with van der Waals surface area (Å²) in [5.74, 6) is 0. The minimum Gasteiger partial charge on any atom is -0.0909 e. The van der Waals surface area contributed by atoms with E-state index in [-0.39, 0.29) is 0 Å². The standard InChI is InChI=1S/C6H12I6Si2/c7-13(8,9)5-3-1-2-4-6-14(10,11)12/h1-6H2. The van der Waals surface area contributed by atoms with E-state index < -0.39 is 1.13 Å². The van der Waals surface area contributed by atoms with Crippen LogP contribution in [0.3, 0.4) is 0 Å². The molecule has 0 N–H and O–H groups in total. The van der Waals surface area contributed by atoms with Crippen molar-refractivity contribution in [3.63, 3.8) is 0 Å². The molecule has 0 aromatic carbocycles. The van der Waals surface area contributed by atoms with E-state index in [0.29, 0.717) is 0 Å². The van der Waals surface area contributed by atoms with Crippen LogP contribution in [-0.2, 0) is 0 Å². The van der Waals surface area contributed by atoms with Crippen molar-refractivity contribution < 1.29 is 0 Å². The first-order valence-electron chi connectivity index (χ1n) is 4.34. The highest BCUT2D eigenvalue weighted by Crippen LogP contribution is 2.37. The molecular weight excluding hydrogens is 890 g/mol. The van der Waals surface area contributed by atoms with Gasteiger partial charge in [0.1, 0.15) is 0 Å². The van der Waals surface area contributed by atoms with E-state index in [1.807, 2.05) is 0 Å². The van der Waals surface area contributed by atoms with Gasteiger partial charge in [-0.25, -0.2) is 0 Å². The molecule has 0 saturated carbocycles. The van der Waals surface area contributed by atoms with Gasteiger partial charge < -0.3 is 0 Å². The Bertz CT molecular complexity index is 133. The summed E-state index contributed by atoms with van der Waals surface area (Å²) in [6.45, 7) is 0. The Kier molecular flexibility index (Phi) is 13.0. The summed E-state index contributed by atoms with van der Waals surface area (Å²) >= 11 is 16.0. The first kappa shape index (κ1) is 18.8. The molecular formula is C6H12I6Si2. The average Bonchev–Trinajstić information content (AvgIpc) is 1.92. The van der Waals surface area contributed by atoms with Crippen LogP contribution in [-0.4, -0.2) is 1.13 Å². The van der Waals surface area contributed by atoms with Crippen LogP contribution in [0.25, 0.3) is 0 Å². The van der Waals surface area contributed by atoms with Crippen molar-refractivity contribution in [3.05, 3.63) is 0 Å². The molecule has 0 aliphatic rings. The van der Waals surface area contributed by atoms with Crippen LogP contribution >= 0.6 is 131 Å². The summed E-state index contributed by atoms with van der Waals surface area (Å²) in [5, 5.41) is 0. The van der Waals surface area contributed by atoms with Crippen molar-refractivity contribution in [1.82, 2.24) is 0 Å². The van der Waals surface area contributed by atoms with Crippen molar-refractivity contribution in [1.29, 1.82) is 0 Å². The number of halogens is 6. The van der Waals surface area contributed by atoms with Gasteiger partial charge in [0.05, 0.1) is 0 Å². The van der Waals surface area contributed by atoms with Crippen molar-refractivity contribution >= 4 is 132 Å². The van der Waals surface area contributed by atoms with E-state index in [9.17, 15) is 0 Å². The zero-order chi connectivity index (χ0) is 11.2. The molecule has 0 fully saturated rings. The van der Waals surface area contributed by atoms with E-state index in [0.717, 1.165) is 0 Å². The number of unbranched alkanes of at least 4 members (excludes halogenated alkanes) is 3. The third-order valence-corrected chi connectivity index (χ3v) is 13.2. The van der Waals surface area contributed by atoms with E-state index in [1.165, 1.54) is 37.8 Å². The van der Waals surface area contributed by atoms with E-state index in [4.69, 9.17) is 0 Å². The smallest absolute Gasteiger partial charge is 0.0909 e. The summed E-state index contributed by atoms with van der Waals surface area (Å²) in [4.78, 5) is 0. The molecule has 0 rings (SSSR count). The SMILES string of the molecule is I[Si](I)(I)CCCCCC[Si](I)(I)I. The molecule has 0 aromatic heterocycles. The Balaban J connectivity index is 3.23. The molecule has 0 aromatic rings. The Morgan fingerprint density at radius 2 is 0.786 bits per heavy atom. The topological polar surface area (TPSA) is 0 Å². The molecule has 0 nitrogen and oxygen atoms in total. The van der Waals surface area contributed by atoms with Crippen LogP contribution in [0.2, 0.25) is 12.1 Å². The molecule has 0 bridgehead atoms. The Morgan fingerprint density at radius 1 is 0.500 bits per heavy atom. The van der Waals surface area contributed by atoms with Gasteiger partial charge in [-0.1, -0.05) is 156 Å². The van der Waals surface area contributed by atoms with E-state index in [2.05, 4.69) is 131 Å². The molecule has 0 atom stereocenters. The summed E-state index contributed by atoms with van der Waals surface area (Å²) in [6.07, 6.45) is 5.83. The van der Waals surface area contributed by atoms with Crippen molar-refractivity contribution in [2.45, 2.75) is 37.8 Å². The maximum Gasteiger partial charge on any atom is 0.253 e. The maximum absolute atomic E-state index is 2.67. The van der Waals surface area contributed by atoms with Crippen LogP contribution in [0.15, 0.2) is 0 Å². The molecule has 0 unspecified atom stereocenters. The number of rotatable bonds is 7. The molecule has 0 radical (unpaired) electrons. The van der Waals surface area contributed by atoms with Crippen LogP contribution in [0, 0.1) is 0 Å². The Labute approximate surface area is 165 Å². The lowest BCUT2D eigenvalue weighted by Crippen LogP contribution is -2.05. The second-order valence-electron chi connectivity index (χ2n) is 3.14. The van der Waals surface area contributed by atoms with Crippen LogP contribution in [0.4, 0.5) is 0 Å². The van der Waals surface area contributed by atoms with Gasteiger partial charge >= 0.3 is 0 Å². The fourth-order valence-corrected chi connectivity index (χ4v) is 9.17. The molecule has 0 heterocycles. The highest BCUT2D eigenvalue weighted by atomic mass is 127. The molecule has 0 saturated heterocycles. The first-order chi connectivity index (χ1) is 6.21. The molecule has 0 aliphatic carbocycles. The average molecular weight is 902 g/mol. The highest BCUT2D eigenvalue weighted by Gasteiger charge is 2.21. The first-order valence-corrected chi connectivity index (χ1v) is 27.4. The van der Waals surface area contributed by atoms with Gasteiger partial charge in [0.25, 0.3) is 1.13 Å². The van der Waals surface area contributed by atoms with Crippen molar-refractivity contribution in [2.24, 2.45) is 0 Å². The van der Waals surface area contributed by atoms with Gasteiger partial charge in [-0.3, -0.25) is 0 Å². The minimum atomic E-state index is -0.840. The number of hydrogen-bond acceptors (Lipinski definition) is 0. The van der Waals surface area contributed by atoms with Crippen molar-refractivity contribution in [2.75, 3.05) is 0 Å². The largest absolute Gasteiger partial charge is 0.253 e. The quantitative estimate of drug-likeness (QED) is 0.112. The Morgan fingerprint density at radius 3 is 1.00 bits per heavy atom. The van der Waals surface area contributed by atoms with Crippen LogP contribution < -0.4 is 0 Å². The van der Waals surface area contributed by atoms with E-state index in [1.54, 1.807) is 0 Å².